The Hall–Kier alpha value is -4.66. The lowest BCUT2D eigenvalue weighted by Crippen LogP contribution is -2.10. The second kappa shape index (κ2) is 12.7. The fourth-order valence-electron chi connectivity index (χ4n) is 4.14. The first kappa shape index (κ1) is 30.9. The minimum absolute atomic E-state index is 0.0327. The first-order chi connectivity index (χ1) is 19.2. The Kier molecular flexibility index (Phi) is 9.55. The molecule has 1 N–H and O–H groups in total. The molecule has 0 amide bonds. The SMILES string of the molecule is Cc1noc(C)c1-c1ccc(F)c([N+](=O)[O-])c1.Cc1noc(C)c1-c1ccc(NCCCS(C)(=O)=O)c([N+](=O)[O-])c1. The summed E-state index contributed by atoms with van der Waals surface area (Å²) in [5.41, 5.74) is 3.57. The number of nitrogens with one attached hydrogen (secondary N) is 1. The highest BCUT2D eigenvalue weighted by Gasteiger charge is 2.20. The van der Waals surface area contributed by atoms with Crippen LogP contribution in [0.4, 0.5) is 21.5 Å². The summed E-state index contributed by atoms with van der Waals surface area (Å²) >= 11 is 0. The first-order valence-electron chi connectivity index (χ1n) is 12.2. The van der Waals surface area contributed by atoms with E-state index in [2.05, 4.69) is 15.6 Å². The van der Waals surface area contributed by atoms with Crippen LogP contribution in [0.5, 0.6) is 0 Å². The van der Waals surface area contributed by atoms with Crippen LogP contribution >= 0.6 is 0 Å². The van der Waals surface area contributed by atoms with Gasteiger partial charge in [-0.05, 0) is 57.4 Å². The third-order valence-electron chi connectivity index (χ3n) is 5.99. The van der Waals surface area contributed by atoms with E-state index in [0.717, 1.165) is 17.9 Å². The summed E-state index contributed by atoms with van der Waals surface area (Å²) in [6, 6.07) is 8.54. The van der Waals surface area contributed by atoms with Crippen molar-refractivity contribution in [1.82, 2.24) is 10.3 Å². The van der Waals surface area contributed by atoms with Gasteiger partial charge in [0.25, 0.3) is 5.69 Å². The monoisotopic (exact) mass is 589 g/mol. The van der Waals surface area contributed by atoms with Crippen molar-refractivity contribution in [2.45, 2.75) is 34.1 Å². The maximum absolute atomic E-state index is 13.2. The van der Waals surface area contributed by atoms with Gasteiger partial charge in [0.05, 0.1) is 27.0 Å². The highest BCUT2D eigenvalue weighted by Crippen LogP contribution is 2.34. The van der Waals surface area contributed by atoms with Crippen molar-refractivity contribution in [1.29, 1.82) is 0 Å². The number of aryl methyl sites for hydroxylation is 4. The molecule has 4 aromatic rings. The van der Waals surface area contributed by atoms with Gasteiger partial charge in [0.1, 0.15) is 27.0 Å². The summed E-state index contributed by atoms with van der Waals surface area (Å²) < 4.78 is 45.5. The molecule has 0 saturated heterocycles. The van der Waals surface area contributed by atoms with E-state index in [0.29, 0.717) is 58.3 Å². The summed E-state index contributed by atoms with van der Waals surface area (Å²) in [4.78, 5) is 20.8. The average molecular weight is 590 g/mol. The van der Waals surface area contributed by atoms with Crippen molar-refractivity contribution in [3.8, 4) is 22.3 Å². The molecule has 0 unspecified atom stereocenters. The topological polar surface area (TPSA) is 185 Å². The van der Waals surface area contributed by atoms with Crippen molar-refractivity contribution in [3.63, 3.8) is 0 Å². The molecule has 0 aliphatic heterocycles. The molecule has 218 valence electrons. The van der Waals surface area contributed by atoms with Gasteiger partial charge in [-0.15, -0.1) is 0 Å². The third kappa shape index (κ3) is 7.72. The number of anilines is 1. The van der Waals surface area contributed by atoms with Crippen molar-refractivity contribution in [2.75, 3.05) is 23.9 Å². The second-order valence-electron chi connectivity index (χ2n) is 9.22. The number of nitro benzene ring substituents is 2. The summed E-state index contributed by atoms with van der Waals surface area (Å²) in [7, 11) is -3.04. The van der Waals surface area contributed by atoms with Crippen molar-refractivity contribution in [3.05, 3.63) is 85.4 Å². The van der Waals surface area contributed by atoms with Crippen molar-refractivity contribution >= 4 is 26.9 Å². The van der Waals surface area contributed by atoms with Gasteiger partial charge in [0.2, 0.25) is 5.82 Å². The van der Waals surface area contributed by atoms with Gasteiger partial charge in [-0.25, -0.2) is 8.42 Å². The number of hydrogen-bond donors (Lipinski definition) is 1. The molecule has 0 atom stereocenters. The van der Waals surface area contributed by atoms with Crippen LogP contribution in [-0.4, -0.2) is 47.1 Å². The van der Waals surface area contributed by atoms with Crippen LogP contribution in [0.1, 0.15) is 29.3 Å². The van der Waals surface area contributed by atoms with E-state index in [9.17, 15) is 33.0 Å². The van der Waals surface area contributed by atoms with Crippen LogP contribution in [0.25, 0.3) is 22.3 Å². The number of rotatable bonds is 9. The smallest absolute Gasteiger partial charge is 0.305 e. The zero-order chi connectivity index (χ0) is 30.5. The average Bonchev–Trinajstić information content (AvgIpc) is 3.41. The van der Waals surface area contributed by atoms with E-state index in [1.54, 1.807) is 39.8 Å². The highest BCUT2D eigenvalue weighted by molar-refractivity contribution is 7.90. The van der Waals surface area contributed by atoms with E-state index in [4.69, 9.17) is 9.05 Å². The molecule has 0 saturated carbocycles. The van der Waals surface area contributed by atoms with Gasteiger partial charge in [-0.1, -0.05) is 22.4 Å². The van der Waals surface area contributed by atoms with Gasteiger partial charge in [-0.3, -0.25) is 20.2 Å². The fourth-order valence-corrected chi connectivity index (χ4v) is 4.81. The van der Waals surface area contributed by atoms with Gasteiger partial charge >= 0.3 is 5.69 Å². The van der Waals surface area contributed by atoms with E-state index < -0.39 is 31.2 Å². The Morgan fingerprint density at radius 3 is 1.78 bits per heavy atom. The van der Waals surface area contributed by atoms with Crippen LogP contribution in [-0.2, 0) is 9.84 Å². The van der Waals surface area contributed by atoms with E-state index in [1.165, 1.54) is 18.2 Å². The predicted molar refractivity (Wildman–Crippen MR) is 149 cm³/mol. The molecule has 15 heteroatoms. The lowest BCUT2D eigenvalue weighted by Gasteiger charge is -2.08. The Balaban J connectivity index is 0.000000239. The van der Waals surface area contributed by atoms with E-state index in [1.807, 2.05) is 0 Å². The normalized spacial score (nSPS) is 11.1. The Labute approximate surface area is 234 Å². The van der Waals surface area contributed by atoms with Crippen LogP contribution in [0, 0.1) is 53.7 Å². The molecule has 0 aliphatic rings. The summed E-state index contributed by atoms with van der Waals surface area (Å²) in [6.07, 6.45) is 1.54. The molecule has 4 rings (SSSR count). The number of halogens is 1. The molecule has 0 aliphatic carbocycles. The maximum Gasteiger partial charge on any atom is 0.305 e. The zero-order valence-corrected chi connectivity index (χ0v) is 23.7. The van der Waals surface area contributed by atoms with E-state index >= 15 is 0 Å². The number of sulfone groups is 1. The lowest BCUT2D eigenvalue weighted by atomic mass is 10.0. The van der Waals surface area contributed by atoms with Crippen LogP contribution in [0.15, 0.2) is 45.4 Å². The van der Waals surface area contributed by atoms with Crippen molar-refractivity contribution < 1.29 is 31.7 Å². The molecular weight excluding hydrogens is 561 g/mol. The van der Waals surface area contributed by atoms with Gasteiger partial charge in [0.15, 0.2) is 0 Å². The summed E-state index contributed by atoms with van der Waals surface area (Å²) in [5, 5.41) is 32.5. The largest absolute Gasteiger partial charge is 0.379 e. The minimum atomic E-state index is -3.04. The Morgan fingerprint density at radius 2 is 1.34 bits per heavy atom. The summed E-state index contributed by atoms with van der Waals surface area (Å²) in [6.45, 7) is 7.28. The molecule has 2 heterocycles. The Bertz CT molecular complexity index is 1660. The second-order valence-corrected chi connectivity index (χ2v) is 11.5. The predicted octanol–water partition coefficient (Wildman–Crippen LogP) is 5.72. The van der Waals surface area contributed by atoms with Crippen LogP contribution < -0.4 is 5.32 Å². The first-order valence-corrected chi connectivity index (χ1v) is 14.3. The number of benzene rings is 2. The molecule has 0 spiro atoms. The standard InChI is InChI=1S/C15H19N3O5S.C11H9FN2O3/c1-10-15(11(2)23-17-10)12-5-6-13(14(9-12)18(19)20)16-7-4-8-24(3,21)22;1-6-11(7(2)17-13-6)8-3-4-9(12)10(5-8)14(15)16/h5-6,9,16H,4,7-8H2,1-3H3;3-5H,1-2H3. The molecular formula is C26H28FN5O8S. The summed E-state index contributed by atoms with van der Waals surface area (Å²) in [5.74, 6) is 0.315. The molecule has 0 fully saturated rings. The highest BCUT2D eigenvalue weighted by atomic mass is 32.2. The van der Waals surface area contributed by atoms with Gasteiger partial charge in [-0.2, -0.15) is 4.39 Å². The van der Waals surface area contributed by atoms with Crippen molar-refractivity contribution in [2.24, 2.45) is 0 Å². The number of nitro groups is 2. The number of hydrogen-bond acceptors (Lipinski definition) is 11. The van der Waals surface area contributed by atoms with E-state index in [-0.39, 0.29) is 11.4 Å². The molecule has 2 aromatic heterocycles. The fraction of sp³-hybridized carbons (Fsp3) is 0.308. The zero-order valence-electron chi connectivity index (χ0n) is 22.9. The maximum atomic E-state index is 13.2. The number of nitrogens with zero attached hydrogens (tertiary/aromatic N) is 4. The van der Waals surface area contributed by atoms with Crippen LogP contribution in [0.2, 0.25) is 0 Å². The quantitative estimate of drug-likeness (QED) is 0.143. The molecule has 2 aromatic carbocycles. The molecule has 0 bridgehead atoms. The van der Waals surface area contributed by atoms with Crippen LogP contribution in [0.3, 0.4) is 0 Å². The van der Waals surface area contributed by atoms with Gasteiger partial charge < -0.3 is 14.4 Å². The molecule has 13 nitrogen and oxygen atoms in total. The van der Waals surface area contributed by atoms with Gasteiger partial charge in [0, 0.05) is 36.1 Å². The Morgan fingerprint density at radius 1 is 0.854 bits per heavy atom. The molecule has 41 heavy (non-hydrogen) atoms. The lowest BCUT2D eigenvalue weighted by molar-refractivity contribution is -0.387. The molecule has 0 radical (unpaired) electrons. The third-order valence-corrected chi connectivity index (χ3v) is 7.02. The minimum Gasteiger partial charge on any atom is -0.379 e. The number of aromatic nitrogens is 2.